The second-order valence-electron chi connectivity index (χ2n) is 6.18. The van der Waals surface area contributed by atoms with Gasteiger partial charge in [-0.25, -0.2) is 4.98 Å². The largest absolute Gasteiger partial charge is 0.493 e. The second-order valence-corrected chi connectivity index (χ2v) is 6.18. The van der Waals surface area contributed by atoms with Crippen molar-refractivity contribution in [2.24, 2.45) is 0 Å². The van der Waals surface area contributed by atoms with Gasteiger partial charge in [-0.15, -0.1) is 0 Å². The Morgan fingerprint density at radius 1 is 1.12 bits per heavy atom. The predicted octanol–water partition coefficient (Wildman–Crippen LogP) is 3.57. The molecule has 1 amide bonds. The Hall–Kier alpha value is -2.82. The van der Waals surface area contributed by atoms with Crippen LogP contribution in [0.2, 0.25) is 0 Å². The number of hydrogen-bond donors (Lipinski definition) is 1. The first-order valence-electron chi connectivity index (χ1n) is 9.16. The molecule has 5 heteroatoms. The number of para-hydroxylation sites is 3. The molecule has 0 radical (unpaired) electrons. The molecule has 0 fully saturated rings. The zero-order valence-electron chi connectivity index (χ0n) is 15.1. The lowest BCUT2D eigenvalue weighted by Crippen LogP contribution is -2.27. The first-order chi connectivity index (χ1) is 12.8. The van der Waals surface area contributed by atoms with Crippen LogP contribution in [0.25, 0.3) is 11.0 Å². The number of amides is 1. The number of aromatic nitrogens is 2. The van der Waals surface area contributed by atoms with Crippen molar-refractivity contribution in [1.82, 2.24) is 14.9 Å². The first kappa shape index (κ1) is 18.0. The van der Waals surface area contributed by atoms with Gasteiger partial charge in [0.15, 0.2) is 0 Å². The van der Waals surface area contributed by atoms with Crippen LogP contribution < -0.4 is 10.1 Å². The topological polar surface area (TPSA) is 56.2 Å². The standard InChI is InChI=1S/C21H25N3O2/c1-2-15-24-19-11-7-6-10-18(19)23-20(24)12-14-22-21(25)13-16-26-17-8-4-3-5-9-17/h3-11H,2,12-16H2,1H3,(H,22,25). The number of benzene rings is 2. The molecular formula is C21H25N3O2. The van der Waals surface area contributed by atoms with Gasteiger partial charge in [0, 0.05) is 19.5 Å². The molecule has 1 N–H and O–H groups in total. The molecule has 0 saturated carbocycles. The summed E-state index contributed by atoms with van der Waals surface area (Å²) in [7, 11) is 0. The number of fused-ring (bicyclic) bond motifs is 1. The number of imidazole rings is 1. The van der Waals surface area contributed by atoms with Crippen LogP contribution in [0.5, 0.6) is 5.75 Å². The minimum atomic E-state index is -0.000848. The van der Waals surface area contributed by atoms with Crippen molar-refractivity contribution in [3.8, 4) is 5.75 Å². The van der Waals surface area contributed by atoms with Crippen molar-refractivity contribution < 1.29 is 9.53 Å². The third-order valence-electron chi connectivity index (χ3n) is 4.19. The van der Waals surface area contributed by atoms with Gasteiger partial charge in [0.05, 0.1) is 24.1 Å². The Bertz CT molecular complexity index is 843. The molecule has 1 aromatic heterocycles. The van der Waals surface area contributed by atoms with Crippen LogP contribution in [0.15, 0.2) is 54.6 Å². The predicted molar refractivity (Wildman–Crippen MR) is 103 cm³/mol. The summed E-state index contributed by atoms with van der Waals surface area (Å²) in [4.78, 5) is 16.7. The fraction of sp³-hybridized carbons (Fsp3) is 0.333. The summed E-state index contributed by atoms with van der Waals surface area (Å²) >= 11 is 0. The summed E-state index contributed by atoms with van der Waals surface area (Å²) < 4.78 is 7.80. The number of hydrogen-bond acceptors (Lipinski definition) is 3. The lowest BCUT2D eigenvalue weighted by molar-refractivity contribution is -0.121. The number of carbonyl (C=O) groups excluding carboxylic acids is 1. The molecule has 0 spiro atoms. The van der Waals surface area contributed by atoms with Gasteiger partial charge in [-0.05, 0) is 30.7 Å². The van der Waals surface area contributed by atoms with E-state index in [1.165, 1.54) is 0 Å². The highest BCUT2D eigenvalue weighted by atomic mass is 16.5. The Morgan fingerprint density at radius 2 is 1.88 bits per heavy atom. The molecule has 0 unspecified atom stereocenters. The summed E-state index contributed by atoms with van der Waals surface area (Å²) in [5.41, 5.74) is 2.17. The Morgan fingerprint density at radius 3 is 2.69 bits per heavy atom. The molecule has 0 aliphatic carbocycles. The zero-order valence-corrected chi connectivity index (χ0v) is 15.1. The van der Waals surface area contributed by atoms with E-state index in [0.717, 1.165) is 42.0 Å². The maximum absolute atomic E-state index is 12.0. The number of aryl methyl sites for hydroxylation is 1. The lowest BCUT2D eigenvalue weighted by Gasteiger charge is -2.09. The number of ether oxygens (including phenoxy) is 1. The maximum Gasteiger partial charge on any atom is 0.223 e. The summed E-state index contributed by atoms with van der Waals surface area (Å²) in [6.45, 7) is 4.06. The zero-order chi connectivity index (χ0) is 18.2. The number of carbonyl (C=O) groups is 1. The molecule has 0 atom stereocenters. The third-order valence-corrected chi connectivity index (χ3v) is 4.19. The van der Waals surface area contributed by atoms with Crippen LogP contribution in [-0.2, 0) is 17.8 Å². The Balaban J connectivity index is 1.47. The molecule has 2 aromatic carbocycles. The van der Waals surface area contributed by atoms with Gasteiger partial charge in [0.25, 0.3) is 0 Å². The SMILES string of the molecule is CCCn1c(CCNC(=O)CCOc2ccccc2)nc2ccccc21. The van der Waals surface area contributed by atoms with E-state index in [1.54, 1.807) is 0 Å². The van der Waals surface area contributed by atoms with Gasteiger partial charge in [0.1, 0.15) is 11.6 Å². The van der Waals surface area contributed by atoms with Crippen molar-refractivity contribution in [3.05, 3.63) is 60.4 Å². The van der Waals surface area contributed by atoms with Crippen molar-refractivity contribution in [1.29, 1.82) is 0 Å². The maximum atomic E-state index is 12.0. The lowest BCUT2D eigenvalue weighted by atomic mass is 10.3. The van der Waals surface area contributed by atoms with Gasteiger partial charge in [0.2, 0.25) is 5.91 Å². The molecule has 0 saturated heterocycles. The van der Waals surface area contributed by atoms with Gasteiger partial charge < -0.3 is 14.6 Å². The molecule has 26 heavy (non-hydrogen) atoms. The van der Waals surface area contributed by atoms with Gasteiger partial charge in [-0.3, -0.25) is 4.79 Å². The minimum Gasteiger partial charge on any atom is -0.493 e. The number of rotatable bonds is 9. The van der Waals surface area contributed by atoms with Crippen LogP contribution in [0.4, 0.5) is 0 Å². The first-order valence-corrected chi connectivity index (χ1v) is 9.16. The van der Waals surface area contributed by atoms with E-state index in [1.807, 2.05) is 48.5 Å². The van der Waals surface area contributed by atoms with Crippen molar-refractivity contribution in [3.63, 3.8) is 0 Å². The number of nitrogens with zero attached hydrogens (tertiary/aromatic N) is 2. The fourth-order valence-corrected chi connectivity index (χ4v) is 2.97. The number of nitrogens with one attached hydrogen (secondary N) is 1. The van der Waals surface area contributed by atoms with Crippen LogP contribution >= 0.6 is 0 Å². The smallest absolute Gasteiger partial charge is 0.223 e. The molecule has 1 heterocycles. The average Bonchev–Trinajstić information content (AvgIpc) is 3.01. The summed E-state index contributed by atoms with van der Waals surface area (Å²) in [5.74, 6) is 1.81. The van der Waals surface area contributed by atoms with E-state index < -0.39 is 0 Å². The molecule has 5 nitrogen and oxygen atoms in total. The van der Waals surface area contributed by atoms with E-state index in [-0.39, 0.29) is 5.91 Å². The molecule has 3 aromatic rings. The van der Waals surface area contributed by atoms with Gasteiger partial charge >= 0.3 is 0 Å². The van der Waals surface area contributed by atoms with Crippen LogP contribution in [0.3, 0.4) is 0 Å². The van der Waals surface area contributed by atoms with E-state index >= 15 is 0 Å². The van der Waals surface area contributed by atoms with Gasteiger partial charge in [-0.2, -0.15) is 0 Å². The normalized spacial score (nSPS) is 10.8. The molecule has 136 valence electrons. The second kappa shape index (κ2) is 9.04. The monoisotopic (exact) mass is 351 g/mol. The summed E-state index contributed by atoms with van der Waals surface area (Å²) in [6.07, 6.45) is 2.12. The van der Waals surface area contributed by atoms with E-state index in [4.69, 9.17) is 9.72 Å². The molecule has 0 aliphatic heterocycles. The van der Waals surface area contributed by atoms with E-state index in [0.29, 0.717) is 19.6 Å². The summed E-state index contributed by atoms with van der Waals surface area (Å²) in [5, 5.41) is 2.96. The van der Waals surface area contributed by atoms with Crippen molar-refractivity contribution >= 4 is 16.9 Å². The molecule has 3 rings (SSSR count). The van der Waals surface area contributed by atoms with Crippen molar-refractivity contribution in [2.45, 2.75) is 32.7 Å². The van der Waals surface area contributed by atoms with Gasteiger partial charge in [-0.1, -0.05) is 37.3 Å². The Kier molecular flexibility index (Phi) is 6.25. The highest BCUT2D eigenvalue weighted by Gasteiger charge is 2.10. The highest BCUT2D eigenvalue weighted by Crippen LogP contribution is 2.16. The van der Waals surface area contributed by atoms with Crippen molar-refractivity contribution in [2.75, 3.05) is 13.2 Å². The minimum absolute atomic E-state index is 0.000848. The van der Waals surface area contributed by atoms with E-state index in [2.05, 4.69) is 22.9 Å². The van der Waals surface area contributed by atoms with E-state index in [9.17, 15) is 4.79 Å². The third kappa shape index (κ3) is 4.63. The quantitative estimate of drug-likeness (QED) is 0.641. The van der Waals surface area contributed by atoms with Crippen LogP contribution in [-0.4, -0.2) is 28.6 Å². The molecule has 0 aliphatic rings. The molecular weight excluding hydrogens is 326 g/mol. The summed E-state index contributed by atoms with van der Waals surface area (Å²) in [6, 6.07) is 17.7. The molecule has 0 bridgehead atoms. The Labute approximate surface area is 154 Å². The fourth-order valence-electron chi connectivity index (χ4n) is 2.97. The van der Waals surface area contributed by atoms with Crippen LogP contribution in [0.1, 0.15) is 25.6 Å². The van der Waals surface area contributed by atoms with Crippen LogP contribution in [0, 0.1) is 0 Å². The highest BCUT2D eigenvalue weighted by molar-refractivity contribution is 5.76. The average molecular weight is 351 g/mol.